The summed E-state index contributed by atoms with van der Waals surface area (Å²) < 4.78 is 90.5. The topological polar surface area (TPSA) is 107 Å². The number of aromatic nitrogens is 2. The molecule has 0 radical (unpaired) electrons. The number of benzene rings is 1. The highest BCUT2D eigenvalue weighted by Gasteiger charge is 2.42. The quantitative estimate of drug-likeness (QED) is 0.182. The lowest BCUT2D eigenvalue weighted by Crippen LogP contribution is -2.29. The zero-order valence-corrected chi connectivity index (χ0v) is 23.5. The minimum atomic E-state index is -5.40. The van der Waals surface area contributed by atoms with Gasteiger partial charge in [-0.3, -0.25) is 4.72 Å². The molecule has 1 aromatic carbocycles. The highest BCUT2D eigenvalue weighted by Crippen LogP contribution is 2.38. The molecule has 2 heterocycles. The van der Waals surface area contributed by atoms with Crippen LogP contribution in [-0.2, 0) is 21.2 Å². The first-order valence-electron chi connectivity index (χ1n) is 12.4. The molecule has 4 rings (SSSR count). The Morgan fingerprint density at radius 2 is 1.88 bits per heavy atom. The lowest BCUT2D eigenvalue weighted by molar-refractivity contribution is -0.189. The van der Waals surface area contributed by atoms with Gasteiger partial charge in [0.05, 0.1) is 34.6 Å². The Balaban J connectivity index is 1.65. The maximum Gasteiger partial charge on any atom is 0.491 e. The summed E-state index contributed by atoms with van der Waals surface area (Å²) in [6.45, 7) is 2.94. The third-order valence-electron chi connectivity index (χ3n) is 6.65. The van der Waals surface area contributed by atoms with E-state index in [9.17, 15) is 30.8 Å². The van der Waals surface area contributed by atoms with Gasteiger partial charge in [0.2, 0.25) is 0 Å². The number of hydrogen-bond donors (Lipinski definition) is 1. The Morgan fingerprint density at radius 3 is 2.52 bits per heavy atom. The van der Waals surface area contributed by atoms with E-state index in [4.69, 9.17) is 9.72 Å². The molecule has 3 aromatic rings. The van der Waals surface area contributed by atoms with Crippen LogP contribution >= 0.6 is 11.3 Å². The highest BCUT2D eigenvalue weighted by atomic mass is 32.2. The molecule has 1 aliphatic carbocycles. The summed E-state index contributed by atoms with van der Waals surface area (Å²) in [7, 11) is -3.15. The summed E-state index contributed by atoms with van der Waals surface area (Å²) in [5.41, 5.74) is 0.545. The van der Waals surface area contributed by atoms with Crippen LogP contribution in [0.25, 0.3) is 10.4 Å². The fourth-order valence-electron chi connectivity index (χ4n) is 4.60. The number of esters is 1. The van der Waals surface area contributed by atoms with E-state index in [1.54, 1.807) is 6.07 Å². The first-order chi connectivity index (χ1) is 18.8. The number of methoxy groups -OCH3 is 1. The molecule has 0 amide bonds. The zero-order chi connectivity index (χ0) is 29.2. The van der Waals surface area contributed by atoms with E-state index in [2.05, 4.69) is 14.4 Å². The predicted octanol–water partition coefficient (Wildman–Crippen LogP) is 6.36. The van der Waals surface area contributed by atoms with Crippen LogP contribution in [0.3, 0.4) is 0 Å². The first-order valence-corrected chi connectivity index (χ1v) is 14.7. The van der Waals surface area contributed by atoms with E-state index in [0.717, 1.165) is 35.1 Å². The van der Waals surface area contributed by atoms with Gasteiger partial charge in [0.25, 0.3) is 16.0 Å². The van der Waals surface area contributed by atoms with Crippen LogP contribution in [0.2, 0.25) is 0 Å². The van der Waals surface area contributed by atoms with Crippen molar-refractivity contribution in [1.29, 1.82) is 0 Å². The van der Waals surface area contributed by atoms with E-state index >= 15 is 0 Å². The van der Waals surface area contributed by atoms with E-state index in [-0.39, 0.29) is 16.3 Å². The molecular weight excluding hydrogens is 574 g/mol. The summed E-state index contributed by atoms with van der Waals surface area (Å²) in [4.78, 5) is 19.7. The Kier molecular flexibility index (Phi) is 8.69. The molecule has 1 aliphatic rings. The molecule has 40 heavy (non-hydrogen) atoms. The van der Waals surface area contributed by atoms with Gasteiger partial charge in [0, 0.05) is 12.0 Å². The van der Waals surface area contributed by atoms with Crippen molar-refractivity contribution in [3.63, 3.8) is 0 Å². The summed E-state index contributed by atoms with van der Waals surface area (Å²) >= 11 is 1.50. The van der Waals surface area contributed by atoms with E-state index in [0.29, 0.717) is 11.5 Å². The molecule has 1 N–H and O–H groups in total. The van der Waals surface area contributed by atoms with Crippen molar-refractivity contribution in [2.45, 2.75) is 63.4 Å². The van der Waals surface area contributed by atoms with E-state index in [1.165, 1.54) is 62.7 Å². The van der Waals surface area contributed by atoms with Gasteiger partial charge in [-0.2, -0.15) is 17.6 Å². The van der Waals surface area contributed by atoms with Crippen LogP contribution in [0.15, 0.2) is 29.3 Å². The smallest absolute Gasteiger partial charge is 0.491 e. The second-order valence-electron chi connectivity index (χ2n) is 9.51. The molecule has 8 nitrogen and oxygen atoms in total. The number of ether oxygens (including phenoxy) is 2. The number of thiazole rings is 1. The SMILES string of the molecule is COc1ccc(-c2sc(CC3CCCCC3)nc2C)cc1S(=O)(=O)Nc1cnc(F)c(OC(=O)C(F)(F)F)c1C. The summed E-state index contributed by atoms with van der Waals surface area (Å²) in [6.07, 6.45) is 2.25. The average molecular weight is 602 g/mol. The van der Waals surface area contributed by atoms with Gasteiger partial charge >= 0.3 is 12.1 Å². The lowest BCUT2D eigenvalue weighted by atomic mass is 9.87. The van der Waals surface area contributed by atoms with Gasteiger partial charge in [-0.1, -0.05) is 32.1 Å². The average Bonchev–Trinajstić information content (AvgIpc) is 3.27. The van der Waals surface area contributed by atoms with E-state index < -0.39 is 39.4 Å². The number of carbonyl (C=O) groups excluding carboxylic acids is 1. The van der Waals surface area contributed by atoms with Crippen molar-refractivity contribution >= 4 is 33.0 Å². The Bertz CT molecular complexity index is 1520. The largest absolute Gasteiger partial charge is 0.495 e. The molecule has 2 aromatic heterocycles. The van der Waals surface area contributed by atoms with Gasteiger partial charge in [-0.15, -0.1) is 11.3 Å². The molecule has 216 valence electrons. The molecule has 1 fully saturated rings. The first kappa shape index (κ1) is 29.7. The van der Waals surface area contributed by atoms with Gasteiger partial charge in [0.15, 0.2) is 5.75 Å². The Labute approximate surface area is 232 Å². The number of alkyl halides is 3. The monoisotopic (exact) mass is 601 g/mol. The Morgan fingerprint density at radius 1 is 1.18 bits per heavy atom. The number of aryl methyl sites for hydroxylation is 1. The summed E-state index contributed by atoms with van der Waals surface area (Å²) in [6, 6.07) is 4.60. The molecule has 0 atom stereocenters. The van der Waals surface area contributed by atoms with Crippen LogP contribution in [0.1, 0.15) is 48.4 Å². The van der Waals surface area contributed by atoms with Gasteiger partial charge in [0.1, 0.15) is 10.6 Å². The van der Waals surface area contributed by atoms with Crippen LogP contribution in [0.4, 0.5) is 23.2 Å². The predicted molar refractivity (Wildman–Crippen MR) is 141 cm³/mol. The number of halogens is 4. The molecule has 1 saturated carbocycles. The maximum atomic E-state index is 14.1. The second-order valence-corrected chi connectivity index (χ2v) is 12.2. The highest BCUT2D eigenvalue weighted by molar-refractivity contribution is 7.92. The van der Waals surface area contributed by atoms with Gasteiger partial charge in [-0.25, -0.2) is 23.2 Å². The number of rotatable bonds is 8. The van der Waals surface area contributed by atoms with Gasteiger partial charge in [-0.05, 0) is 43.5 Å². The number of nitrogens with zero attached hydrogens (tertiary/aromatic N) is 2. The third kappa shape index (κ3) is 6.54. The van der Waals surface area contributed by atoms with Crippen molar-refractivity contribution < 1.29 is 40.2 Å². The van der Waals surface area contributed by atoms with Crippen molar-refractivity contribution in [3.05, 3.63) is 46.6 Å². The fourth-order valence-corrected chi connectivity index (χ4v) is 7.08. The second kappa shape index (κ2) is 11.7. The van der Waals surface area contributed by atoms with Crippen molar-refractivity contribution in [2.75, 3.05) is 11.8 Å². The molecule has 0 spiro atoms. The minimum absolute atomic E-state index is 0.00251. The van der Waals surface area contributed by atoms with Crippen LogP contribution in [-0.4, -0.2) is 37.6 Å². The van der Waals surface area contributed by atoms with Crippen LogP contribution in [0.5, 0.6) is 11.5 Å². The molecular formula is C26H27F4N3O5S2. The Hall–Kier alpha value is -3.26. The van der Waals surface area contributed by atoms with Crippen molar-refractivity contribution in [2.24, 2.45) is 5.92 Å². The lowest BCUT2D eigenvalue weighted by Gasteiger charge is -2.20. The third-order valence-corrected chi connectivity index (χ3v) is 9.27. The van der Waals surface area contributed by atoms with E-state index in [1.807, 2.05) is 6.92 Å². The van der Waals surface area contributed by atoms with Gasteiger partial charge < -0.3 is 9.47 Å². The molecule has 0 bridgehead atoms. The normalized spacial score (nSPS) is 14.7. The molecule has 0 saturated heterocycles. The number of nitrogens with one attached hydrogen (secondary N) is 1. The number of hydrogen-bond acceptors (Lipinski definition) is 8. The van der Waals surface area contributed by atoms with Crippen LogP contribution < -0.4 is 14.2 Å². The summed E-state index contributed by atoms with van der Waals surface area (Å²) in [5, 5.41) is 0.978. The number of carbonyl (C=O) groups is 1. The number of anilines is 1. The zero-order valence-electron chi connectivity index (χ0n) is 21.9. The molecule has 14 heteroatoms. The van der Waals surface area contributed by atoms with Crippen LogP contribution in [0, 0.1) is 25.7 Å². The van der Waals surface area contributed by atoms with Crippen molar-refractivity contribution in [1.82, 2.24) is 9.97 Å². The standard InChI is InChI=1S/C26H27F4N3O5S2/c1-14-18(13-31-24(27)22(14)38-25(34)26(28,29)30)33-40(35,36)20-12-17(9-10-19(20)37-3)23-15(2)32-21(39-23)11-16-7-5-4-6-8-16/h9-10,12-13,16,33H,4-8,11H2,1-3H3. The minimum Gasteiger partial charge on any atom is -0.495 e. The number of sulfonamides is 1. The fraction of sp³-hybridized carbons (Fsp3) is 0.423. The molecule has 0 unspecified atom stereocenters. The maximum absolute atomic E-state index is 14.1. The molecule has 0 aliphatic heterocycles. The van der Waals surface area contributed by atoms with Crippen molar-refractivity contribution in [3.8, 4) is 21.9 Å². The number of pyridine rings is 1. The summed E-state index contributed by atoms with van der Waals surface area (Å²) in [5.74, 6) is -4.75.